The lowest BCUT2D eigenvalue weighted by Gasteiger charge is -2.27. The van der Waals surface area contributed by atoms with Crippen molar-refractivity contribution in [1.82, 2.24) is 9.97 Å². The fourth-order valence-corrected chi connectivity index (χ4v) is 4.88. The Morgan fingerprint density at radius 1 is 1.20 bits per heavy atom. The van der Waals surface area contributed by atoms with Crippen LogP contribution in [0.4, 0.5) is 5.95 Å². The molecule has 0 amide bonds. The molecule has 30 heavy (non-hydrogen) atoms. The van der Waals surface area contributed by atoms with Crippen molar-refractivity contribution in [2.24, 2.45) is 0 Å². The van der Waals surface area contributed by atoms with Gasteiger partial charge in [-0.25, -0.2) is 22.7 Å². The molecule has 1 saturated carbocycles. The number of nitrogens with zero attached hydrogens (tertiary/aromatic N) is 3. The number of esters is 1. The normalized spacial score (nSPS) is 15.9. The number of benzene rings is 1. The number of ether oxygens (including phenoxy) is 2. The lowest BCUT2D eigenvalue weighted by atomic mass is 9.84. The van der Waals surface area contributed by atoms with Gasteiger partial charge in [-0.15, -0.1) is 0 Å². The summed E-state index contributed by atoms with van der Waals surface area (Å²) >= 11 is 0. The van der Waals surface area contributed by atoms with Gasteiger partial charge in [0.05, 0.1) is 31.7 Å². The van der Waals surface area contributed by atoms with Gasteiger partial charge in [0.15, 0.2) is 0 Å². The monoisotopic (exact) mass is 433 g/mol. The molecule has 1 heterocycles. The first-order valence-corrected chi connectivity index (χ1v) is 11.3. The zero-order valence-corrected chi connectivity index (χ0v) is 18.5. The Labute approximate surface area is 177 Å². The number of hydrogen-bond donors (Lipinski definition) is 0. The van der Waals surface area contributed by atoms with E-state index in [1.165, 1.54) is 17.6 Å². The number of anilines is 1. The Bertz CT molecular complexity index is 1010. The van der Waals surface area contributed by atoms with E-state index in [2.05, 4.69) is 9.97 Å². The minimum Gasteiger partial charge on any atom is -0.497 e. The standard InChI is InChI=1S/C21H27N3O5S/c1-5-21(2,19(25)29-4)18-12-13-22-20(23-18)24(30(26,27)17-10-11-17)14-15-6-8-16(28-3)9-7-15/h6-9,12-13,17H,5,10-11,14H2,1-4H3. The van der Waals surface area contributed by atoms with Crippen LogP contribution >= 0.6 is 0 Å². The van der Waals surface area contributed by atoms with Crippen LogP contribution in [0.1, 0.15) is 44.4 Å². The van der Waals surface area contributed by atoms with Crippen LogP contribution in [0.2, 0.25) is 0 Å². The first-order chi connectivity index (χ1) is 14.3. The smallest absolute Gasteiger partial charge is 0.317 e. The molecular weight excluding hydrogens is 406 g/mol. The van der Waals surface area contributed by atoms with Gasteiger partial charge in [0, 0.05) is 6.20 Å². The van der Waals surface area contributed by atoms with Gasteiger partial charge in [-0.1, -0.05) is 19.1 Å². The largest absolute Gasteiger partial charge is 0.497 e. The Morgan fingerprint density at radius 2 is 1.87 bits per heavy atom. The lowest BCUT2D eigenvalue weighted by Crippen LogP contribution is -2.37. The molecule has 9 heteroatoms. The molecule has 3 rings (SSSR count). The molecule has 0 spiro atoms. The molecule has 162 valence electrons. The highest BCUT2D eigenvalue weighted by Crippen LogP contribution is 2.35. The molecule has 2 aromatic rings. The van der Waals surface area contributed by atoms with E-state index in [0.29, 0.717) is 30.7 Å². The topological polar surface area (TPSA) is 98.7 Å². The average molecular weight is 434 g/mol. The molecule has 1 atom stereocenters. The molecule has 8 nitrogen and oxygen atoms in total. The van der Waals surface area contributed by atoms with Crippen LogP contribution in [0.3, 0.4) is 0 Å². The first kappa shape index (κ1) is 22.0. The van der Waals surface area contributed by atoms with E-state index < -0.39 is 26.7 Å². The van der Waals surface area contributed by atoms with E-state index in [9.17, 15) is 13.2 Å². The summed E-state index contributed by atoms with van der Waals surface area (Å²) in [5, 5.41) is -0.429. The predicted octanol–water partition coefficient (Wildman–Crippen LogP) is 2.82. The van der Waals surface area contributed by atoms with E-state index in [1.54, 1.807) is 32.2 Å². The van der Waals surface area contributed by atoms with Crippen LogP contribution in [0.25, 0.3) is 0 Å². The fourth-order valence-electron chi connectivity index (χ4n) is 3.15. The van der Waals surface area contributed by atoms with Crippen molar-refractivity contribution in [3.05, 3.63) is 47.8 Å². The van der Waals surface area contributed by atoms with E-state index in [-0.39, 0.29) is 12.5 Å². The summed E-state index contributed by atoms with van der Waals surface area (Å²) in [6.45, 7) is 3.68. The summed E-state index contributed by atoms with van der Waals surface area (Å²) < 4.78 is 37.7. The van der Waals surface area contributed by atoms with Gasteiger partial charge in [0.25, 0.3) is 0 Å². The molecule has 1 aliphatic rings. The minimum absolute atomic E-state index is 0.0544. The zero-order chi connectivity index (χ0) is 21.9. The van der Waals surface area contributed by atoms with Crippen molar-refractivity contribution in [2.75, 3.05) is 18.5 Å². The second kappa shape index (κ2) is 8.59. The molecule has 0 saturated heterocycles. The third-order valence-corrected chi connectivity index (χ3v) is 7.73. The summed E-state index contributed by atoms with van der Waals surface area (Å²) in [4.78, 5) is 21.1. The summed E-state index contributed by atoms with van der Waals surface area (Å²) in [7, 11) is -0.730. The second-order valence-corrected chi connectivity index (χ2v) is 9.66. The fraction of sp³-hybridized carbons (Fsp3) is 0.476. The van der Waals surface area contributed by atoms with Crippen molar-refractivity contribution in [1.29, 1.82) is 0 Å². The van der Waals surface area contributed by atoms with Crippen LogP contribution < -0.4 is 9.04 Å². The third kappa shape index (κ3) is 4.26. The van der Waals surface area contributed by atoms with Crippen LogP contribution in [0.15, 0.2) is 36.5 Å². The maximum Gasteiger partial charge on any atom is 0.317 e. The van der Waals surface area contributed by atoms with Crippen molar-refractivity contribution in [3.63, 3.8) is 0 Å². The molecule has 0 N–H and O–H groups in total. The summed E-state index contributed by atoms with van der Waals surface area (Å²) in [5.41, 5.74) is 0.203. The minimum atomic E-state index is -3.63. The van der Waals surface area contributed by atoms with Gasteiger partial charge < -0.3 is 9.47 Å². The number of methoxy groups -OCH3 is 2. The Morgan fingerprint density at radius 3 is 2.40 bits per heavy atom. The maximum atomic E-state index is 13.2. The Kier molecular flexibility index (Phi) is 6.30. The Hall–Kier alpha value is -2.68. The number of rotatable bonds is 9. The summed E-state index contributed by atoms with van der Waals surface area (Å²) in [6.07, 6.45) is 3.17. The summed E-state index contributed by atoms with van der Waals surface area (Å²) in [5.74, 6) is 0.311. The molecule has 0 bridgehead atoms. The number of aromatic nitrogens is 2. The SMILES string of the molecule is CCC(C)(C(=O)OC)c1ccnc(N(Cc2ccc(OC)cc2)S(=O)(=O)C2CC2)n1. The van der Waals surface area contributed by atoms with Crippen LogP contribution in [-0.2, 0) is 31.5 Å². The second-order valence-electron chi connectivity index (χ2n) is 7.52. The van der Waals surface area contributed by atoms with E-state index in [1.807, 2.05) is 19.1 Å². The van der Waals surface area contributed by atoms with Gasteiger partial charge >= 0.3 is 5.97 Å². The van der Waals surface area contributed by atoms with Crippen molar-refractivity contribution in [3.8, 4) is 5.75 Å². The molecule has 1 aliphatic carbocycles. The molecule has 1 unspecified atom stereocenters. The summed E-state index contributed by atoms with van der Waals surface area (Å²) in [6, 6.07) is 8.80. The number of hydrogen-bond acceptors (Lipinski definition) is 7. The van der Waals surface area contributed by atoms with E-state index >= 15 is 0 Å². The highest BCUT2D eigenvalue weighted by atomic mass is 32.2. The molecule has 1 fully saturated rings. The molecule has 1 aromatic heterocycles. The number of carbonyl (C=O) groups is 1. The zero-order valence-electron chi connectivity index (χ0n) is 17.7. The highest BCUT2D eigenvalue weighted by Gasteiger charge is 2.42. The number of carbonyl (C=O) groups excluding carboxylic acids is 1. The molecular formula is C21H27N3O5S. The van der Waals surface area contributed by atoms with Crippen LogP contribution in [0.5, 0.6) is 5.75 Å². The van der Waals surface area contributed by atoms with E-state index in [4.69, 9.17) is 9.47 Å². The van der Waals surface area contributed by atoms with Crippen molar-refractivity contribution >= 4 is 21.9 Å². The predicted molar refractivity (Wildman–Crippen MR) is 113 cm³/mol. The molecule has 1 aromatic carbocycles. The molecule has 0 aliphatic heterocycles. The van der Waals surface area contributed by atoms with Crippen LogP contribution in [0, 0.1) is 0 Å². The van der Waals surface area contributed by atoms with Crippen molar-refractivity contribution in [2.45, 2.75) is 50.3 Å². The maximum absolute atomic E-state index is 13.2. The lowest BCUT2D eigenvalue weighted by molar-refractivity contribution is -0.147. The highest BCUT2D eigenvalue weighted by molar-refractivity contribution is 7.93. The average Bonchev–Trinajstić information content (AvgIpc) is 3.63. The Balaban J connectivity index is 2.02. The quantitative estimate of drug-likeness (QED) is 0.561. The third-order valence-electron chi connectivity index (χ3n) is 5.51. The number of sulfonamides is 1. The molecule has 0 radical (unpaired) electrons. The van der Waals surface area contributed by atoms with Crippen LogP contribution in [-0.4, -0.2) is 43.8 Å². The van der Waals surface area contributed by atoms with Gasteiger partial charge in [0.1, 0.15) is 11.2 Å². The van der Waals surface area contributed by atoms with Gasteiger partial charge in [-0.2, -0.15) is 0 Å². The first-order valence-electron chi connectivity index (χ1n) is 9.82. The van der Waals surface area contributed by atoms with Gasteiger partial charge in [-0.05, 0) is 49.9 Å². The van der Waals surface area contributed by atoms with Gasteiger partial charge in [-0.3, -0.25) is 4.79 Å². The van der Waals surface area contributed by atoms with E-state index in [0.717, 1.165) is 5.56 Å². The van der Waals surface area contributed by atoms with Crippen molar-refractivity contribution < 1.29 is 22.7 Å². The van der Waals surface area contributed by atoms with Gasteiger partial charge in [0.2, 0.25) is 16.0 Å².